The van der Waals surface area contributed by atoms with Crippen LogP contribution in [-0.4, -0.2) is 62.9 Å². The Balaban J connectivity index is 0.994. The van der Waals surface area contributed by atoms with Crippen LogP contribution in [0.5, 0.6) is 0 Å². The van der Waals surface area contributed by atoms with Gasteiger partial charge in [0.05, 0.1) is 5.75 Å². The van der Waals surface area contributed by atoms with Gasteiger partial charge in [-0.15, -0.1) is 11.8 Å². The zero-order valence-electron chi connectivity index (χ0n) is 31.3. The van der Waals surface area contributed by atoms with E-state index in [0.29, 0.717) is 16.7 Å². The van der Waals surface area contributed by atoms with Gasteiger partial charge in [0.25, 0.3) is 11.8 Å². The molecule has 1 unspecified atom stereocenters. The van der Waals surface area contributed by atoms with Crippen LogP contribution in [0.1, 0.15) is 64.1 Å². The van der Waals surface area contributed by atoms with Crippen molar-refractivity contribution in [3.8, 4) is 0 Å². The van der Waals surface area contributed by atoms with Crippen LogP contribution >= 0.6 is 11.8 Å². The summed E-state index contributed by atoms with van der Waals surface area (Å²) in [4.78, 5) is 68.8. The van der Waals surface area contributed by atoms with E-state index in [4.69, 9.17) is 9.47 Å². The van der Waals surface area contributed by atoms with Gasteiger partial charge >= 0.3 is 11.9 Å². The molecule has 5 aromatic rings. The number of esters is 2. The lowest BCUT2D eigenvalue weighted by atomic mass is 10.0. The van der Waals surface area contributed by atoms with Gasteiger partial charge in [-0.05, 0) is 47.2 Å². The molecule has 1 saturated heterocycles. The molecule has 1 fully saturated rings. The number of nitrogens with zero attached hydrogens (tertiary/aromatic N) is 1. The van der Waals surface area contributed by atoms with Crippen LogP contribution < -0.4 is 10.6 Å². The minimum atomic E-state index is -1.09. The van der Waals surface area contributed by atoms with Gasteiger partial charge in [-0.3, -0.25) is 19.3 Å². The molecule has 7 rings (SSSR count). The number of β-lactam (4-membered cyclic amide) rings is 1. The Morgan fingerprint density at radius 2 is 1.16 bits per heavy atom. The fourth-order valence-corrected chi connectivity index (χ4v) is 8.12. The molecule has 5 aromatic carbocycles. The van der Waals surface area contributed by atoms with Gasteiger partial charge < -0.3 is 25.2 Å². The second-order valence-electron chi connectivity index (χ2n) is 13.8. The SMILES string of the molecule is O=C(CCCC(NC(=O)c1ccccc1)C(=O)OC(c1ccccc1)c1ccccc1)N[C@@H]1C(=O)N2C(C(=O)OC(c3ccccc3)c3ccccc3)=C(O)CS[C@H]12. The molecule has 2 aliphatic rings. The van der Waals surface area contributed by atoms with E-state index in [1.165, 1.54) is 16.7 Å². The summed E-state index contributed by atoms with van der Waals surface area (Å²) >= 11 is 1.21. The maximum absolute atomic E-state index is 13.9. The van der Waals surface area contributed by atoms with Crippen molar-refractivity contribution in [1.82, 2.24) is 15.5 Å². The number of carbonyl (C=O) groups is 5. The number of amides is 3. The van der Waals surface area contributed by atoms with Crippen LogP contribution in [0.4, 0.5) is 0 Å². The van der Waals surface area contributed by atoms with E-state index in [1.54, 1.807) is 30.3 Å². The Morgan fingerprint density at radius 3 is 1.66 bits per heavy atom. The molecule has 294 valence electrons. The number of ether oxygens (including phenoxy) is 2. The van der Waals surface area contributed by atoms with E-state index in [1.807, 2.05) is 121 Å². The van der Waals surface area contributed by atoms with Gasteiger partial charge in [0.1, 0.15) is 23.2 Å². The van der Waals surface area contributed by atoms with Crippen molar-refractivity contribution in [2.75, 3.05) is 5.75 Å². The zero-order chi connectivity index (χ0) is 40.4. The number of benzene rings is 5. The number of thioether (sulfide) groups is 1. The van der Waals surface area contributed by atoms with Crippen molar-refractivity contribution < 1.29 is 38.6 Å². The molecule has 0 aromatic heterocycles. The molecule has 0 saturated carbocycles. The average Bonchev–Trinajstić information content (AvgIpc) is 3.27. The smallest absolute Gasteiger partial charge is 0.359 e. The standard InChI is InChI=1S/C46H41N3O8S/c50-36-29-58-44-38(43(53)49(44)39(36)46(55)57-41(32-21-10-3-11-22-32)33-23-12-4-13-24-33)48-37(51)28-16-27-35(47-42(52)34-25-14-5-15-26-34)45(54)56-40(30-17-6-1-7-18-30)31-19-8-2-9-20-31/h1-15,17-26,35,38,40-41,44,50H,16,27-29H2,(H,47,52)(H,48,51)/t35?,38-,44-/m1/s1. The molecule has 0 aliphatic carbocycles. The quantitative estimate of drug-likeness (QED) is 0.0769. The first kappa shape index (κ1) is 39.6. The minimum Gasteiger partial charge on any atom is -0.509 e. The van der Waals surface area contributed by atoms with Crippen molar-refractivity contribution >= 4 is 41.4 Å². The fourth-order valence-electron chi connectivity index (χ4n) is 6.92. The van der Waals surface area contributed by atoms with Crippen LogP contribution in [0.2, 0.25) is 0 Å². The van der Waals surface area contributed by atoms with Crippen molar-refractivity contribution in [2.45, 2.75) is 48.9 Å². The van der Waals surface area contributed by atoms with Crippen LogP contribution in [0, 0.1) is 0 Å². The molecule has 2 aliphatic heterocycles. The summed E-state index contributed by atoms with van der Waals surface area (Å²) in [6.45, 7) is 0. The van der Waals surface area contributed by atoms with Crippen LogP contribution in [0.25, 0.3) is 0 Å². The number of rotatable bonds is 15. The van der Waals surface area contributed by atoms with Gasteiger partial charge in [0.2, 0.25) is 5.91 Å². The summed E-state index contributed by atoms with van der Waals surface area (Å²) in [6.07, 6.45) is -1.37. The monoisotopic (exact) mass is 795 g/mol. The number of aliphatic hydroxyl groups is 1. The Labute approximate surface area is 340 Å². The molecular weight excluding hydrogens is 755 g/mol. The summed E-state index contributed by atoms with van der Waals surface area (Å²) in [5, 5.41) is 15.8. The first-order valence-corrected chi connectivity index (χ1v) is 20.0. The molecule has 3 N–H and O–H groups in total. The highest BCUT2D eigenvalue weighted by atomic mass is 32.2. The Bertz CT molecular complexity index is 2180. The van der Waals surface area contributed by atoms with E-state index in [0.717, 1.165) is 11.1 Å². The van der Waals surface area contributed by atoms with Crippen LogP contribution in [0.15, 0.2) is 163 Å². The maximum Gasteiger partial charge on any atom is 0.359 e. The van der Waals surface area contributed by atoms with E-state index < -0.39 is 59.3 Å². The third kappa shape index (κ3) is 9.14. The predicted octanol–water partition coefficient (Wildman–Crippen LogP) is 6.79. The molecule has 2 heterocycles. The summed E-state index contributed by atoms with van der Waals surface area (Å²) in [5.74, 6) is -3.28. The van der Waals surface area contributed by atoms with Crippen molar-refractivity contribution in [3.05, 3.63) is 191 Å². The number of fused-ring (bicyclic) bond motifs is 1. The zero-order valence-corrected chi connectivity index (χ0v) is 32.1. The van der Waals surface area contributed by atoms with Crippen LogP contribution in [0.3, 0.4) is 0 Å². The predicted molar refractivity (Wildman–Crippen MR) is 218 cm³/mol. The lowest BCUT2D eigenvalue weighted by molar-refractivity contribution is -0.155. The third-order valence-corrected chi connectivity index (χ3v) is 11.1. The molecule has 3 amide bonds. The van der Waals surface area contributed by atoms with Gasteiger partial charge in [0, 0.05) is 12.0 Å². The number of nitrogens with one attached hydrogen (secondary N) is 2. The van der Waals surface area contributed by atoms with Crippen LogP contribution in [-0.2, 0) is 28.7 Å². The fraction of sp³-hybridized carbons (Fsp3) is 0.196. The number of carbonyl (C=O) groups excluding carboxylic acids is 5. The van der Waals surface area contributed by atoms with Crippen molar-refractivity contribution in [1.29, 1.82) is 0 Å². The van der Waals surface area contributed by atoms with Crippen molar-refractivity contribution in [3.63, 3.8) is 0 Å². The molecule has 58 heavy (non-hydrogen) atoms. The van der Waals surface area contributed by atoms with E-state index in [-0.39, 0.29) is 36.5 Å². The molecule has 0 spiro atoms. The number of hydrogen-bond donors (Lipinski definition) is 3. The largest absolute Gasteiger partial charge is 0.509 e. The minimum absolute atomic E-state index is 0.0322. The first-order valence-electron chi connectivity index (χ1n) is 18.9. The highest BCUT2D eigenvalue weighted by Gasteiger charge is 2.55. The topological polar surface area (TPSA) is 151 Å². The first-order chi connectivity index (χ1) is 28.3. The summed E-state index contributed by atoms with van der Waals surface area (Å²) in [6, 6.07) is 43.3. The second kappa shape index (κ2) is 18.5. The van der Waals surface area contributed by atoms with Crippen molar-refractivity contribution in [2.24, 2.45) is 0 Å². The molecule has 0 bridgehead atoms. The lowest BCUT2D eigenvalue weighted by Gasteiger charge is -2.48. The average molecular weight is 796 g/mol. The van der Waals surface area contributed by atoms with E-state index in [9.17, 15) is 29.1 Å². The van der Waals surface area contributed by atoms with E-state index >= 15 is 0 Å². The highest BCUT2D eigenvalue weighted by Crippen LogP contribution is 2.41. The van der Waals surface area contributed by atoms with Gasteiger partial charge in [0.15, 0.2) is 17.9 Å². The van der Waals surface area contributed by atoms with Gasteiger partial charge in [-0.1, -0.05) is 140 Å². The van der Waals surface area contributed by atoms with Gasteiger partial charge in [-0.2, -0.15) is 0 Å². The summed E-state index contributed by atoms with van der Waals surface area (Å²) < 4.78 is 12.0. The molecule has 3 atom stereocenters. The maximum atomic E-state index is 13.9. The Morgan fingerprint density at radius 1 is 0.690 bits per heavy atom. The molecular formula is C46H41N3O8S. The second-order valence-corrected chi connectivity index (χ2v) is 14.9. The summed E-state index contributed by atoms with van der Waals surface area (Å²) in [5.41, 5.74) is 3.04. The van der Waals surface area contributed by atoms with E-state index in [2.05, 4.69) is 10.6 Å². The molecule has 12 heteroatoms. The number of hydrogen-bond acceptors (Lipinski definition) is 9. The highest BCUT2D eigenvalue weighted by molar-refractivity contribution is 8.00. The Kier molecular flexibility index (Phi) is 12.6. The Hall–Kier alpha value is -6.66. The molecule has 11 nitrogen and oxygen atoms in total. The third-order valence-electron chi connectivity index (χ3n) is 9.85. The molecule has 0 radical (unpaired) electrons. The lowest BCUT2D eigenvalue weighted by Crippen LogP contribution is -2.70. The van der Waals surface area contributed by atoms with Gasteiger partial charge in [-0.25, -0.2) is 9.59 Å². The summed E-state index contributed by atoms with van der Waals surface area (Å²) in [7, 11) is 0. The number of aliphatic hydroxyl groups excluding tert-OH is 1. The normalized spacial score (nSPS) is 16.5.